The highest BCUT2D eigenvalue weighted by Gasteiger charge is 2.23. The molecule has 0 saturated carbocycles. The number of pyridine rings is 1. The Labute approximate surface area is 229 Å². The van der Waals surface area contributed by atoms with Crippen LogP contribution in [0.1, 0.15) is 29.9 Å². The van der Waals surface area contributed by atoms with Gasteiger partial charge in [0.25, 0.3) is 0 Å². The smallest absolute Gasteiger partial charge is 0.231 e. The first-order chi connectivity index (χ1) is 18.9. The Morgan fingerprint density at radius 2 is 1.77 bits per heavy atom. The van der Waals surface area contributed by atoms with Crippen LogP contribution in [0.2, 0.25) is 5.02 Å². The largest absolute Gasteiger partial charge is 0.393 e. The minimum absolute atomic E-state index is 0.159. The van der Waals surface area contributed by atoms with Crippen molar-refractivity contribution in [3.63, 3.8) is 0 Å². The van der Waals surface area contributed by atoms with Crippen LogP contribution in [-0.4, -0.2) is 39.0 Å². The van der Waals surface area contributed by atoms with Gasteiger partial charge in [-0.05, 0) is 48.2 Å². The van der Waals surface area contributed by atoms with Gasteiger partial charge in [0, 0.05) is 36.2 Å². The van der Waals surface area contributed by atoms with Gasteiger partial charge in [-0.1, -0.05) is 59.2 Å². The second kappa shape index (κ2) is 10.6. The average Bonchev–Trinajstić information content (AvgIpc) is 3.40. The third-order valence-electron chi connectivity index (χ3n) is 7.13. The average molecular weight is 545 g/mol. The van der Waals surface area contributed by atoms with Crippen LogP contribution in [0.4, 0.5) is 10.1 Å². The standard InChI is InChI=1S/C30H26ClFN4O3/c31-21-8-6-20(7-9-21)17-36-18-24(30-33-28(39-34-30)14-19-4-2-1-3-5-19)29(38)23-15-25(32)27(16-26(23)36)35-12-10-22(37)11-13-35/h1-9,15-16,18,22,37H,10-14,17H2. The SMILES string of the molecule is O=c1c(-c2noc(Cc3ccccc3)n2)cn(Cc2ccc(Cl)cc2)c2cc(N3CCC(O)CC3)c(F)cc12. The van der Waals surface area contributed by atoms with E-state index in [9.17, 15) is 9.90 Å². The molecular formula is C30H26ClFN4O3. The van der Waals surface area contributed by atoms with Crippen LogP contribution in [0.25, 0.3) is 22.3 Å². The number of aliphatic hydroxyl groups is 1. The van der Waals surface area contributed by atoms with Crippen molar-refractivity contribution in [3.8, 4) is 11.4 Å². The van der Waals surface area contributed by atoms with E-state index in [1.54, 1.807) is 12.3 Å². The number of anilines is 1. The van der Waals surface area contributed by atoms with Crippen LogP contribution >= 0.6 is 11.6 Å². The first-order valence-electron chi connectivity index (χ1n) is 12.9. The van der Waals surface area contributed by atoms with Gasteiger partial charge in [-0.15, -0.1) is 0 Å². The van der Waals surface area contributed by atoms with Gasteiger partial charge in [0.1, 0.15) is 5.82 Å². The summed E-state index contributed by atoms with van der Waals surface area (Å²) < 4.78 is 22.8. The van der Waals surface area contributed by atoms with Crippen molar-refractivity contribution >= 4 is 28.2 Å². The molecule has 0 aliphatic carbocycles. The van der Waals surface area contributed by atoms with E-state index in [-0.39, 0.29) is 28.3 Å². The molecule has 0 bridgehead atoms. The highest BCUT2D eigenvalue weighted by molar-refractivity contribution is 6.30. The number of halogens is 2. The highest BCUT2D eigenvalue weighted by atomic mass is 35.5. The lowest BCUT2D eigenvalue weighted by molar-refractivity contribution is 0.145. The Morgan fingerprint density at radius 3 is 2.51 bits per heavy atom. The van der Waals surface area contributed by atoms with E-state index in [2.05, 4.69) is 10.1 Å². The van der Waals surface area contributed by atoms with Gasteiger partial charge in [0.05, 0.1) is 29.3 Å². The van der Waals surface area contributed by atoms with Crippen LogP contribution < -0.4 is 10.3 Å². The van der Waals surface area contributed by atoms with Crippen molar-refractivity contribution in [2.75, 3.05) is 18.0 Å². The zero-order valence-electron chi connectivity index (χ0n) is 21.1. The third kappa shape index (κ3) is 5.30. The Hall–Kier alpha value is -4.01. The van der Waals surface area contributed by atoms with Gasteiger partial charge in [0.2, 0.25) is 17.1 Å². The summed E-state index contributed by atoms with van der Waals surface area (Å²) in [5.74, 6) is 0.0602. The number of rotatable bonds is 6. The number of aromatic nitrogens is 3. The molecule has 3 aromatic carbocycles. The summed E-state index contributed by atoms with van der Waals surface area (Å²) in [6, 6.07) is 20.2. The lowest BCUT2D eigenvalue weighted by Gasteiger charge is -2.32. The number of benzene rings is 3. The van der Waals surface area contributed by atoms with Crippen LogP contribution in [0.15, 0.2) is 82.2 Å². The molecule has 39 heavy (non-hydrogen) atoms. The monoisotopic (exact) mass is 544 g/mol. The van der Waals surface area contributed by atoms with Crippen molar-refractivity contribution in [1.29, 1.82) is 0 Å². The Balaban J connectivity index is 1.45. The molecule has 3 heterocycles. The van der Waals surface area contributed by atoms with Crippen LogP contribution in [-0.2, 0) is 13.0 Å². The number of nitrogens with zero attached hydrogens (tertiary/aromatic N) is 4. The van der Waals surface area contributed by atoms with Crippen LogP contribution in [0, 0.1) is 5.82 Å². The number of fused-ring (bicyclic) bond motifs is 1. The van der Waals surface area contributed by atoms with E-state index in [0.29, 0.717) is 61.0 Å². The van der Waals surface area contributed by atoms with E-state index in [1.807, 2.05) is 64.1 Å². The molecule has 0 amide bonds. The maximum atomic E-state index is 15.4. The fourth-order valence-corrected chi connectivity index (χ4v) is 5.16. The lowest BCUT2D eigenvalue weighted by Crippen LogP contribution is -2.36. The summed E-state index contributed by atoms with van der Waals surface area (Å²) in [5.41, 5.74) is 2.83. The van der Waals surface area contributed by atoms with Gasteiger partial charge in [0.15, 0.2) is 0 Å². The molecule has 1 aliphatic heterocycles. The molecule has 1 aliphatic rings. The molecule has 1 N–H and O–H groups in total. The minimum Gasteiger partial charge on any atom is -0.393 e. The van der Waals surface area contributed by atoms with Crippen molar-refractivity contribution in [1.82, 2.24) is 14.7 Å². The summed E-state index contributed by atoms with van der Waals surface area (Å²) in [7, 11) is 0. The summed E-state index contributed by atoms with van der Waals surface area (Å²) in [5, 5.41) is 14.8. The zero-order valence-corrected chi connectivity index (χ0v) is 21.8. The number of aliphatic hydroxyl groups excluding tert-OH is 1. The van der Waals surface area contributed by atoms with Gasteiger partial charge in [-0.3, -0.25) is 4.79 Å². The first-order valence-corrected chi connectivity index (χ1v) is 13.2. The van der Waals surface area contributed by atoms with Crippen LogP contribution in [0.3, 0.4) is 0 Å². The zero-order chi connectivity index (χ0) is 26.9. The van der Waals surface area contributed by atoms with E-state index in [4.69, 9.17) is 16.1 Å². The van der Waals surface area contributed by atoms with Crippen molar-refractivity contribution in [2.24, 2.45) is 0 Å². The minimum atomic E-state index is -0.482. The summed E-state index contributed by atoms with van der Waals surface area (Å²) in [4.78, 5) is 20.1. The molecule has 5 aromatic rings. The van der Waals surface area contributed by atoms with Crippen molar-refractivity contribution in [3.05, 3.63) is 111 Å². The first kappa shape index (κ1) is 25.3. The molecule has 0 radical (unpaired) electrons. The molecule has 0 unspecified atom stereocenters. The number of piperidine rings is 1. The van der Waals surface area contributed by atoms with E-state index >= 15 is 4.39 Å². The molecule has 198 valence electrons. The Kier molecular flexibility index (Phi) is 6.89. The van der Waals surface area contributed by atoms with Crippen molar-refractivity contribution < 1.29 is 14.0 Å². The molecule has 7 nitrogen and oxygen atoms in total. The highest BCUT2D eigenvalue weighted by Crippen LogP contribution is 2.29. The third-order valence-corrected chi connectivity index (χ3v) is 7.38. The maximum absolute atomic E-state index is 15.4. The number of hydrogen-bond donors (Lipinski definition) is 1. The predicted molar refractivity (Wildman–Crippen MR) is 149 cm³/mol. The molecule has 0 atom stereocenters. The molecular weight excluding hydrogens is 519 g/mol. The fourth-order valence-electron chi connectivity index (χ4n) is 5.03. The van der Waals surface area contributed by atoms with Crippen LogP contribution in [0.5, 0.6) is 0 Å². The molecule has 9 heteroatoms. The van der Waals surface area contributed by atoms with Gasteiger partial charge in [-0.25, -0.2) is 4.39 Å². The summed E-state index contributed by atoms with van der Waals surface area (Å²) in [6.45, 7) is 1.49. The second-order valence-electron chi connectivity index (χ2n) is 9.84. The Bertz CT molecular complexity index is 1680. The Morgan fingerprint density at radius 1 is 1.03 bits per heavy atom. The second-order valence-corrected chi connectivity index (χ2v) is 10.3. The molecule has 1 saturated heterocycles. The molecule has 1 fully saturated rings. The molecule has 6 rings (SSSR count). The number of hydrogen-bond acceptors (Lipinski definition) is 6. The topological polar surface area (TPSA) is 84.4 Å². The molecule has 0 spiro atoms. The fraction of sp³-hybridized carbons (Fsp3) is 0.233. The van der Waals surface area contributed by atoms with E-state index in [0.717, 1.165) is 11.1 Å². The van der Waals surface area contributed by atoms with E-state index < -0.39 is 5.82 Å². The van der Waals surface area contributed by atoms with Crippen molar-refractivity contribution in [2.45, 2.75) is 31.9 Å². The van der Waals surface area contributed by atoms with Gasteiger partial charge >= 0.3 is 0 Å². The summed E-state index contributed by atoms with van der Waals surface area (Å²) in [6.07, 6.45) is 2.90. The quantitative estimate of drug-likeness (QED) is 0.306. The maximum Gasteiger partial charge on any atom is 0.231 e. The van der Waals surface area contributed by atoms with Gasteiger partial charge in [-0.2, -0.15) is 4.98 Å². The normalized spacial score (nSPS) is 14.3. The molecule has 2 aromatic heterocycles. The van der Waals surface area contributed by atoms with Gasteiger partial charge < -0.3 is 19.1 Å². The summed E-state index contributed by atoms with van der Waals surface area (Å²) >= 11 is 6.09. The predicted octanol–water partition coefficient (Wildman–Crippen LogP) is 5.44. The lowest BCUT2D eigenvalue weighted by atomic mass is 10.0. The van der Waals surface area contributed by atoms with E-state index in [1.165, 1.54) is 6.07 Å².